The van der Waals surface area contributed by atoms with E-state index in [2.05, 4.69) is 12.2 Å². The van der Waals surface area contributed by atoms with E-state index in [9.17, 15) is 8.42 Å². The zero-order chi connectivity index (χ0) is 14.6. The summed E-state index contributed by atoms with van der Waals surface area (Å²) >= 11 is 0. The summed E-state index contributed by atoms with van der Waals surface area (Å²) in [6.45, 7) is 3.23. The van der Waals surface area contributed by atoms with Crippen LogP contribution in [-0.4, -0.2) is 51.5 Å². The fraction of sp³-hybridized carbons (Fsp3) is 1.00. The first-order valence-corrected chi connectivity index (χ1v) is 9.41. The van der Waals surface area contributed by atoms with Crippen molar-refractivity contribution in [3.8, 4) is 0 Å². The van der Waals surface area contributed by atoms with Crippen molar-refractivity contribution >= 4 is 9.84 Å². The highest BCUT2D eigenvalue weighted by Crippen LogP contribution is 2.38. The lowest BCUT2D eigenvalue weighted by Crippen LogP contribution is -2.53. The second kappa shape index (κ2) is 6.73. The number of unbranched alkanes of at least 4 members (excludes halogenated alkanes) is 2. The summed E-state index contributed by atoms with van der Waals surface area (Å²) in [7, 11) is -1.26. The van der Waals surface area contributed by atoms with Gasteiger partial charge in [-0.3, -0.25) is 0 Å². The Hall–Kier alpha value is -0.170. The molecule has 0 radical (unpaired) electrons. The van der Waals surface area contributed by atoms with E-state index in [-0.39, 0.29) is 11.8 Å². The minimum atomic E-state index is -3.10. The minimum absolute atomic E-state index is 0.0139. The van der Waals surface area contributed by atoms with Crippen molar-refractivity contribution in [2.45, 2.75) is 62.5 Å². The highest BCUT2D eigenvalue weighted by atomic mass is 32.2. The van der Waals surface area contributed by atoms with E-state index in [1.54, 1.807) is 0 Å². The maximum absolute atomic E-state index is 12.6. The summed E-state index contributed by atoms with van der Waals surface area (Å²) < 4.78 is 36.7. The standard InChI is InChI=1S/C14H27NO4S/c1-3-4-5-10-20(16,17)13-11-14(18-8-9-19-14)7-6-12(13)15-2/h12-13,15H,3-11H2,1-2H3. The van der Waals surface area contributed by atoms with Crippen molar-refractivity contribution < 1.29 is 17.9 Å². The van der Waals surface area contributed by atoms with Gasteiger partial charge in [0, 0.05) is 18.9 Å². The molecule has 2 aliphatic rings. The molecule has 2 unspecified atom stereocenters. The van der Waals surface area contributed by atoms with Crippen LogP contribution in [0.3, 0.4) is 0 Å². The molecule has 1 aliphatic carbocycles. The third-order valence-corrected chi connectivity index (χ3v) is 6.75. The van der Waals surface area contributed by atoms with E-state index in [4.69, 9.17) is 9.47 Å². The monoisotopic (exact) mass is 305 g/mol. The molecule has 0 aromatic carbocycles. The van der Waals surface area contributed by atoms with E-state index >= 15 is 0 Å². The molecule has 1 spiro atoms. The predicted molar refractivity (Wildman–Crippen MR) is 78.4 cm³/mol. The van der Waals surface area contributed by atoms with Crippen LogP contribution in [0.15, 0.2) is 0 Å². The summed E-state index contributed by atoms with van der Waals surface area (Å²) in [5.74, 6) is -0.365. The molecular weight excluding hydrogens is 278 g/mol. The van der Waals surface area contributed by atoms with E-state index < -0.39 is 20.9 Å². The molecule has 0 amide bonds. The molecule has 0 aromatic rings. The Kier molecular flexibility index (Phi) is 5.45. The maximum atomic E-state index is 12.6. The Bertz CT molecular complexity index is 403. The van der Waals surface area contributed by atoms with Crippen LogP contribution in [-0.2, 0) is 19.3 Å². The van der Waals surface area contributed by atoms with Crippen LogP contribution in [0.5, 0.6) is 0 Å². The molecule has 1 saturated heterocycles. The van der Waals surface area contributed by atoms with Crippen molar-refractivity contribution in [2.75, 3.05) is 26.0 Å². The van der Waals surface area contributed by atoms with Crippen molar-refractivity contribution in [3.63, 3.8) is 0 Å². The molecule has 118 valence electrons. The summed E-state index contributed by atoms with van der Waals surface area (Å²) in [5, 5.41) is 2.77. The van der Waals surface area contributed by atoms with E-state index in [1.165, 1.54) is 0 Å². The second-order valence-electron chi connectivity index (χ2n) is 5.86. The summed E-state index contributed by atoms with van der Waals surface area (Å²) in [5.41, 5.74) is 0. The molecule has 6 heteroatoms. The molecule has 5 nitrogen and oxygen atoms in total. The molecule has 1 heterocycles. The molecule has 2 fully saturated rings. The summed E-state index contributed by atoms with van der Waals surface area (Å²) in [4.78, 5) is 0. The fourth-order valence-corrected chi connectivity index (χ4v) is 5.47. The molecule has 0 bridgehead atoms. The van der Waals surface area contributed by atoms with Gasteiger partial charge < -0.3 is 14.8 Å². The van der Waals surface area contributed by atoms with Crippen LogP contribution < -0.4 is 5.32 Å². The Balaban J connectivity index is 2.08. The van der Waals surface area contributed by atoms with Crippen LogP contribution in [0.4, 0.5) is 0 Å². The van der Waals surface area contributed by atoms with Crippen molar-refractivity contribution in [1.82, 2.24) is 5.32 Å². The highest BCUT2D eigenvalue weighted by Gasteiger charge is 2.48. The Morgan fingerprint density at radius 3 is 2.55 bits per heavy atom. The number of hydrogen-bond donors (Lipinski definition) is 1. The van der Waals surface area contributed by atoms with Gasteiger partial charge in [0.2, 0.25) is 0 Å². The highest BCUT2D eigenvalue weighted by molar-refractivity contribution is 7.92. The predicted octanol–water partition coefficient (Wildman–Crippen LogP) is 1.47. The topological polar surface area (TPSA) is 64.6 Å². The Labute approximate surface area is 122 Å². The smallest absolute Gasteiger partial charge is 0.169 e. The fourth-order valence-electron chi connectivity index (χ4n) is 3.28. The third-order valence-electron chi connectivity index (χ3n) is 4.48. The van der Waals surface area contributed by atoms with Crippen LogP contribution in [0.25, 0.3) is 0 Å². The van der Waals surface area contributed by atoms with Crippen LogP contribution in [0.2, 0.25) is 0 Å². The number of sulfone groups is 1. The van der Waals surface area contributed by atoms with E-state index in [1.807, 2.05) is 7.05 Å². The Morgan fingerprint density at radius 1 is 1.25 bits per heavy atom. The van der Waals surface area contributed by atoms with Gasteiger partial charge in [0.1, 0.15) is 0 Å². The van der Waals surface area contributed by atoms with Gasteiger partial charge in [0.15, 0.2) is 15.6 Å². The Morgan fingerprint density at radius 2 is 1.95 bits per heavy atom. The normalized spacial score (nSPS) is 29.9. The van der Waals surface area contributed by atoms with Crippen molar-refractivity contribution in [2.24, 2.45) is 0 Å². The average molecular weight is 305 g/mol. The summed E-state index contributed by atoms with van der Waals surface area (Å²) in [6, 6.07) is 0.0139. The van der Waals surface area contributed by atoms with Gasteiger partial charge in [0.05, 0.1) is 24.2 Å². The lowest BCUT2D eigenvalue weighted by Gasteiger charge is -2.40. The van der Waals surface area contributed by atoms with Gasteiger partial charge in [-0.1, -0.05) is 19.8 Å². The molecule has 20 heavy (non-hydrogen) atoms. The average Bonchev–Trinajstić information content (AvgIpc) is 2.87. The molecule has 1 N–H and O–H groups in total. The van der Waals surface area contributed by atoms with Gasteiger partial charge in [-0.25, -0.2) is 8.42 Å². The first-order chi connectivity index (χ1) is 9.53. The quantitative estimate of drug-likeness (QED) is 0.753. The SMILES string of the molecule is CCCCCS(=O)(=O)C1CC2(CCC1NC)OCCO2. The lowest BCUT2D eigenvalue weighted by atomic mass is 9.89. The number of ether oxygens (including phenoxy) is 2. The first kappa shape index (κ1) is 16.2. The van der Waals surface area contributed by atoms with Gasteiger partial charge >= 0.3 is 0 Å². The molecule has 2 rings (SSSR count). The maximum Gasteiger partial charge on any atom is 0.169 e. The zero-order valence-corrected chi connectivity index (χ0v) is 13.4. The summed E-state index contributed by atoms with van der Waals surface area (Å²) in [6.07, 6.45) is 4.78. The van der Waals surface area contributed by atoms with E-state index in [0.717, 1.165) is 32.1 Å². The number of rotatable bonds is 6. The molecular formula is C14H27NO4S. The number of nitrogens with one attached hydrogen (secondary N) is 1. The third kappa shape index (κ3) is 3.53. The molecule has 1 saturated carbocycles. The van der Waals surface area contributed by atoms with Gasteiger partial charge in [-0.05, 0) is 19.9 Å². The minimum Gasteiger partial charge on any atom is -0.347 e. The largest absolute Gasteiger partial charge is 0.347 e. The number of hydrogen-bond acceptors (Lipinski definition) is 5. The van der Waals surface area contributed by atoms with Crippen LogP contribution in [0, 0.1) is 0 Å². The zero-order valence-electron chi connectivity index (χ0n) is 12.6. The molecule has 0 aromatic heterocycles. The van der Waals surface area contributed by atoms with Crippen molar-refractivity contribution in [3.05, 3.63) is 0 Å². The van der Waals surface area contributed by atoms with Gasteiger partial charge in [0.25, 0.3) is 0 Å². The van der Waals surface area contributed by atoms with Gasteiger partial charge in [-0.2, -0.15) is 0 Å². The molecule has 2 atom stereocenters. The second-order valence-corrected chi connectivity index (χ2v) is 8.20. The van der Waals surface area contributed by atoms with Crippen LogP contribution in [0.1, 0.15) is 45.4 Å². The van der Waals surface area contributed by atoms with E-state index in [0.29, 0.717) is 19.6 Å². The molecule has 1 aliphatic heterocycles. The van der Waals surface area contributed by atoms with Crippen molar-refractivity contribution in [1.29, 1.82) is 0 Å². The lowest BCUT2D eigenvalue weighted by molar-refractivity contribution is -0.178. The van der Waals surface area contributed by atoms with Crippen LogP contribution >= 0.6 is 0 Å². The van der Waals surface area contributed by atoms with Gasteiger partial charge in [-0.15, -0.1) is 0 Å². The first-order valence-electron chi connectivity index (χ1n) is 7.70.